The van der Waals surface area contributed by atoms with Gasteiger partial charge >= 0.3 is 0 Å². The standard InChI is InChI=1S/C29H36ClN5O2/c1-21-10-14-34(15-11-21)19-23-4-2-22(3-5-23)18-31-29(36)25-12-16-35(17-13-25)20-27-32-28(33-37-27)24-6-8-26(30)9-7-24/h2-9,21,25H,10-20H2,1H3,(H,31,36). The molecule has 2 aromatic carbocycles. The molecule has 0 aliphatic carbocycles. The van der Waals surface area contributed by atoms with E-state index in [0.717, 1.165) is 49.5 Å². The van der Waals surface area contributed by atoms with Gasteiger partial charge in [0.15, 0.2) is 0 Å². The van der Waals surface area contributed by atoms with Gasteiger partial charge < -0.3 is 9.84 Å². The second-order valence-electron chi connectivity index (χ2n) is 10.6. The fraction of sp³-hybridized carbons (Fsp3) is 0.483. The van der Waals surface area contributed by atoms with Crippen molar-refractivity contribution in [3.8, 4) is 11.4 Å². The number of nitrogens with zero attached hydrogens (tertiary/aromatic N) is 4. The Morgan fingerprint density at radius 3 is 2.24 bits per heavy atom. The van der Waals surface area contributed by atoms with Gasteiger partial charge in [0.1, 0.15) is 0 Å². The van der Waals surface area contributed by atoms with Crippen molar-refractivity contribution in [1.82, 2.24) is 25.3 Å². The van der Waals surface area contributed by atoms with Crippen LogP contribution >= 0.6 is 11.6 Å². The lowest BCUT2D eigenvalue weighted by Gasteiger charge is -2.30. The van der Waals surface area contributed by atoms with Crippen molar-refractivity contribution < 1.29 is 9.32 Å². The molecular formula is C29H36ClN5O2. The summed E-state index contributed by atoms with van der Waals surface area (Å²) in [6.07, 6.45) is 4.26. The first-order valence-corrected chi connectivity index (χ1v) is 13.8. The highest BCUT2D eigenvalue weighted by molar-refractivity contribution is 6.30. The van der Waals surface area contributed by atoms with Crippen LogP contribution in [0.25, 0.3) is 11.4 Å². The van der Waals surface area contributed by atoms with Crippen LogP contribution in [-0.2, 0) is 24.4 Å². The van der Waals surface area contributed by atoms with Crippen LogP contribution in [0.15, 0.2) is 53.1 Å². The molecule has 3 heterocycles. The Kier molecular flexibility index (Phi) is 8.54. The molecule has 0 bridgehead atoms. The van der Waals surface area contributed by atoms with Gasteiger partial charge in [0.2, 0.25) is 17.6 Å². The number of likely N-dealkylation sites (tertiary alicyclic amines) is 2. The second-order valence-corrected chi connectivity index (χ2v) is 11.0. The van der Waals surface area contributed by atoms with Crippen LogP contribution in [0.5, 0.6) is 0 Å². The summed E-state index contributed by atoms with van der Waals surface area (Å²) in [5.41, 5.74) is 3.37. The summed E-state index contributed by atoms with van der Waals surface area (Å²) < 4.78 is 5.45. The molecule has 1 N–H and O–H groups in total. The number of carbonyl (C=O) groups is 1. The summed E-state index contributed by atoms with van der Waals surface area (Å²) in [5, 5.41) is 7.92. The predicted molar refractivity (Wildman–Crippen MR) is 145 cm³/mol. The number of nitrogens with one attached hydrogen (secondary N) is 1. The zero-order valence-electron chi connectivity index (χ0n) is 21.5. The average molecular weight is 522 g/mol. The van der Waals surface area contributed by atoms with Crippen molar-refractivity contribution in [2.75, 3.05) is 26.2 Å². The number of rotatable bonds is 8. The Morgan fingerprint density at radius 2 is 1.54 bits per heavy atom. The Balaban J connectivity index is 1.03. The molecule has 3 aromatic rings. The molecule has 0 saturated carbocycles. The number of aromatic nitrogens is 2. The van der Waals surface area contributed by atoms with Gasteiger partial charge in [-0.1, -0.05) is 47.9 Å². The molecule has 7 nitrogen and oxygen atoms in total. The molecule has 2 aliphatic rings. The zero-order valence-corrected chi connectivity index (χ0v) is 22.3. The van der Waals surface area contributed by atoms with Crippen molar-refractivity contribution in [2.24, 2.45) is 11.8 Å². The van der Waals surface area contributed by atoms with Crippen LogP contribution < -0.4 is 5.32 Å². The van der Waals surface area contributed by atoms with Crippen molar-refractivity contribution in [1.29, 1.82) is 0 Å². The van der Waals surface area contributed by atoms with Gasteiger partial charge in [0.25, 0.3) is 0 Å². The molecule has 0 atom stereocenters. The van der Waals surface area contributed by atoms with E-state index in [-0.39, 0.29) is 11.8 Å². The minimum atomic E-state index is 0.0457. The number of carbonyl (C=O) groups excluding carboxylic acids is 1. The van der Waals surface area contributed by atoms with Gasteiger partial charge in [-0.3, -0.25) is 14.6 Å². The third-order valence-electron chi connectivity index (χ3n) is 7.66. The Morgan fingerprint density at radius 1 is 0.919 bits per heavy atom. The van der Waals surface area contributed by atoms with Gasteiger partial charge in [0, 0.05) is 29.6 Å². The molecule has 0 spiro atoms. The molecule has 2 aliphatic heterocycles. The summed E-state index contributed by atoms with van der Waals surface area (Å²) in [4.78, 5) is 22.1. The maximum Gasteiger partial charge on any atom is 0.241 e. The minimum Gasteiger partial charge on any atom is -0.352 e. The Bertz CT molecular complexity index is 1150. The lowest BCUT2D eigenvalue weighted by molar-refractivity contribution is -0.126. The Hall–Kier alpha value is -2.74. The number of piperidine rings is 2. The molecular weight excluding hydrogens is 486 g/mol. The Labute approximate surface area is 224 Å². The largest absolute Gasteiger partial charge is 0.352 e. The molecule has 8 heteroatoms. The van der Waals surface area contributed by atoms with Crippen LogP contribution in [-0.4, -0.2) is 52.0 Å². The number of hydrogen-bond acceptors (Lipinski definition) is 6. The fourth-order valence-corrected chi connectivity index (χ4v) is 5.28. The van der Waals surface area contributed by atoms with Gasteiger partial charge in [-0.05, 0) is 93.2 Å². The quantitative estimate of drug-likeness (QED) is 0.442. The predicted octanol–water partition coefficient (Wildman–Crippen LogP) is 5.15. The monoisotopic (exact) mass is 521 g/mol. The van der Waals surface area contributed by atoms with Crippen LogP contribution in [0, 0.1) is 11.8 Å². The molecule has 1 aromatic heterocycles. The van der Waals surface area contributed by atoms with Gasteiger partial charge in [-0.25, -0.2) is 0 Å². The number of hydrogen-bond donors (Lipinski definition) is 1. The SMILES string of the molecule is CC1CCN(Cc2ccc(CNC(=O)C3CCN(Cc4nc(-c5ccc(Cl)cc5)no4)CC3)cc2)CC1. The molecule has 2 saturated heterocycles. The molecule has 196 valence electrons. The van der Waals surface area contributed by atoms with Crippen molar-refractivity contribution >= 4 is 17.5 Å². The third-order valence-corrected chi connectivity index (χ3v) is 7.91. The molecule has 37 heavy (non-hydrogen) atoms. The summed E-state index contributed by atoms with van der Waals surface area (Å²) in [6, 6.07) is 16.1. The van der Waals surface area contributed by atoms with Crippen LogP contribution in [0.3, 0.4) is 0 Å². The van der Waals surface area contributed by atoms with E-state index in [4.69, 9.17) is 16.1 Å². The van der Waals surface area contributed by atoms with E-state index < -0.39 is 0 Å². The second kappa shape index (κ2) is 12.2. The molecule has 0 radical (unpaired) electrons. The first kappa shape index (κ1) is 25.9. The van der Waals surface area contributed by atoms with Gasteiger partial charge in [0.05, 0.1) is 6.54 Å². The molecule has 2 fully saturated rings. The van der Waals surface area contributed by atoms with Crippen LogP contribution in [0.1, 0.15) is 49.6 Å². The topological polar surface area (TPSA) is 74.5 Å². The number of halogens is 1. The third kappa shape index (κ3) is 7.18. The normalized spacial score (nSPS) is 18.2. The van der Waals surface area contributed by atoms with E-state index >= 15 is 0 Å². The van der Waals surface area contributed by atoms with E-state index in [2.05, 4.69) is 56.4 Å². The molecule has 0 unspecified atom stereocenters. The maximum absolute atomic E-state index is 12.8. The molecule has 5 rings (SSSR count). The number of amides is 1. The average Bonchev–Trinajstić information content (AvgIpc) is 3.38. The highest BCUT2D eigenvalue weighted by Gasteiger charge is 2.26. The van der Waals surface area contributed by atoms with E-state index in [0.29, 0.717) is 29.8 Å². The highest BCUT2D eigenvalue weighted by atomic mass is 35.5. The van der Waals surface area contributed by atoms with Crippen LogP contribution in [0.2, 0.25) is 5.02 Å². The maximum atomic E-state index is 12.8. The number of benzene rings is 2. The van der Waals surface area contributed by atoms with E-state index in [9.17, 15) is 4.79 Å². The van der Waals surface area contributed by atoms with Gasteiger partial charge in [-0.15, -0.1) is 0 Å². The first-order chi connectivity index (χ1) is 18.0. The lowest BCUT2D eigenvalue weighted by Crippen LogP contribution is -2.40. The summed E-state index contributed by atoms with van der Waals surface area (Å²) >= 11 is 5.96. The van der Waals surface area contributed by atoms with Crippen molar-refractivity contribution in [3.63, 3.8) is 0 Å². The van der Waals surface area contributed by atoms with E-state index in [1.54, 1.807) is 0 Å². The summed E-state index contributed by atoms with van der Waals surface area (Å²) in [5.74, 6) is 2.20. The lowest BCUT2D eigenvalue weighted by atomic mass is 9.96. The minimum absolute atomic E-state index is 0.0457. The zero-order chi connectivity index (χ0) is 25.6. The summed E-state index contributed by atoms with van der Waals surface area (Å²) in [7, 11) is 0. The summed E-state index contributed by atoms with van der Waals surface area (Å²) in [6.45, 7) is 8.59. The highest BCUT2D eigenvalue weighted by Crippen LogP contribution is 2.22. The first-order valence-electron chi connectivity index (χ1n) is 13.4. The smallest absolute Gasteiger partial charge is 0.241 e. The van der Waals surface area contributed by atoms with Crippen molar-refractivity contribution in [3.05, 3.63) is 70.6 Å². The van der Waals surface area contributed by atoms with E-state index in [1.165, 1.54) is 31.5 Å². The van der Waals surface area contributed by atoms with Gasteiger partial charge in [-0.2, -0.15) is 4.98 Å². The van der Waals surface area contributed by atoms with Crippen LogP contribution in [0.4, 0.5) is 0 Å². The van der Waals surface area contributed by atoms with Crippen molar-refractivity contribution in [2.45, 2.75) is 52.2 Å². The molecule has 1 amide bonds. The fourth-order valence-electron chi connectivity index (χ4n) is 5.15. The van der Waals surface area contributed by atoms with E-state index in [1.807, 2.05) is 24.3 Å².